The molecular formula is C15H18ClNOS. The second-order valence-electron chi connectivity index (χ2n) is 4.16. The Labute approximate surface area is 123 Å². The van der Waals surface area contributed by atoms with E-state index in [0.29, 0.717) is 10.6 Å². The van der Waals surface area contributed by atoms with Gasteiger partial charge in [-0.2, -0.15) is 0 Å². The number of hydrogen-bond donors (Lipinski definition) is 1. The molecule has 1 unspecified atom stereocenters. The number of rotatable bonds is 4. The van der Waals surface area contributed by atoms with Gasteiger partial charge in [0.2, 0.25) is 0 Å². The van der Waals surface area contributed by atoms with Gasteiger partial charge in [0.25, 0.3) is 5.91 Å². The summed E-state index contributed by atoms with van der Waals surface area (Å²) in [6.07, 6.45) is 0.858. The predicted octanol–water partition coefficient (Wildman–Crippen LogP) is 4.40. The van der Waals surface area contributed by atoms with Crippen molar-refractivity contribution in [2.45, 2.75) is 26.8 Å². The van der Waals surface area contributed by atoms with E-state index in [9.17, 15) is 4.79 Å². The van der Waals surface area contributed by atoms with Crippen LogP contribution in [0.3, 0.4) is 0 Å². The summed E-state index contributed by atoms with van der Waals surface area (Å²) in [5.74, 6) is -0.0595. The van der Waals surface area contributed by atoms with Gasteiger partial charge in [-0.05, 0) is 42.6 Å². The van der Waals surface area contributed by atoms with Gasteiger partial charge in [-0.15, -0.1) is 11.3 Å². The van der Waals surface area contributed by atoms with Crippen molar-refractivity contribution in [3.8, 4) is 0 Å². The molecule has 0 aliphatic heterocycles. The number of benzene rings is 1. The van der Waals surface area contributed by atoms with Crippen LogP contribution in [0.25, 0.3) is 0 Å². The zero-order valence-corrected chi connectivity index (χ0v) is 11.6. The highest BCUT2D eigenvalue weighted by Gasteiger charge is 2.10. The first-order chi connectivity index (χ1) is 8.65. The average molecular weight is 296 g/mol. The third kappa shape index (κ3) is 4.69. The van der Waals surface area contributed by atoms with E-state index in [1.54, 1.807) is 35.6 Å². The quantitative estimate of drug-likeness (QED) is 0.890. The van der Waals surface area contributed by atoms with Crippen LogP contribution in [0.15, 0.2) is 41.8 Å². The molecule has 0 saturated carbocycles. The van der Waals surface area contributed by atoms with Gasteiger partial charge in [0, 0.05) is 27.9 Å². The topological polar surface area (TPSA) is 29.1 Å². The maximum atomic E-state index is 11.9. The number of amides is 1. The summed E-state index contributed by atoms with van der Waals surface area (Å²) in [6, 6.07) is 11.1. The van der Waals surface area contributed by atoms with E-state index in [4.69, 9.17) is 11.6 Å². The molecule has 1 N–H and O–H groups in total. The summed E-state index contributed by atoms with van der Waals surface area (Å²) >= 11 is 7.49. The summed E-state index contributed by atoms with van der Waals surface area (Å²) in [5, 5.41) is 5.66. The number of hydrogen-bond acceptors (Lipinski definition) is 2. The van der Waals surface area contributed by atoms with Crippen LogP contribution in [0, 0.1) is 0 Å². The fraction of sp³-hybridized carbons (Fsp3) is 0.267. The molecule has 2 rings (SSSR count). The summed E-state index contributed by atoms with van der Waals surface area (Å²) < 4.78 is 0. The van der Waals surface area contributed by atoms with Crippen LogP contribution < -0.4 is 5.32 Å². The minimum atomic E-state index is -0.0595. The Morgan fingerprint density at radius 3 is 2.58 bits per heavy atom. The molecule has 0 spiro atoms. The molecule has 1 aromatic heterocycles. The Bertz CT molecular complexity index is 507. The van der Waals surface area contributed by atoms with Gasteiger partial charge in [0.15, 0.2) is 0 Å². The summed E-state index contributed by atoms with van der Waals surface area (Å²) in [7, 11) is 0. The minimum absolute atomic E-state index is 0. The molecule has 1 amide bonds. The van der Waals surface area contributed by atoms with E-state index < -0.39 is 0 Å². The number of halogens is 1. The molecule has 1 heterocycles. The molecule has 0 aliphatic rings. The van der Waals surface area contributed by atoms with Crippen LogP contribution in [0.4, 0.5) is 0 Å². The predicted molar refractivity (Wildman–Crippen MR) is 83.1 cm³/mol. The van der Waals surface area contributed by atoms with Crippen LogP contribution >= 0.6 is 22.9 Å². The van der Waals surface area contributed by atoms with E-state index in [1.165, 1.54) is 4.88 Å². The van der Waals surface area contributed by atoms with Crippen LogP contribution in [-0.4, -0.2) is 11.9 Å². The van der Waals surface area contributed by atoms with Crippen molar-refractivity contribution >= 4 is 28.8 Å². The molecule has 4 heteroatoms. The molecule has 0 fully saturated rings. The highest BCUT2D eigenvalue weighted by atomic mass is 35.5. The first-order valence-electron chi connectivity index (χ1n) is 5.74. The molecular weight excluding hydrogens is 278 g/mol. The molecule has 19 heavy (non-hydrogen) atoms. The molecule has 2 nitrogen and oxygen atoms in total. The van der Waals surface area contributed by atoms with Crippen molar-refractivity contribution < 1.29 is 4.79 Å². The Morgan fingerprint density at radius 2 is 2.00 bits per heavy atom. The minimum Gasteiger partial charge on any atom is -0.349 e. The zero-order chi connectivity index (χ0) is 13.0. The number of thiophene rings is 1. The molecule has 1 aromatic carbocycles. The van der Waals surface area contributed by atoms with Gasteiger partial charge in [0.05, 0.1) is 0 Å². The van der Waals surface area contributed by atoms with Gasteiger partial charge in [-0.3, -0.25) is 4.79 Å². The largest absolute Gasteiger partial charge is 0.349 e. The van der Waals surface area contributed by atoms with E-state index >= 15 is 0 Å². The first kappa shape index (κ1) is 15.7. The van der Waals surface area contributed by atoms with E-state index in [-0.39, 0.29) is 19.4 Å². The van der Waals surface area contributed by atoms with Gasteiger partial charge in [-0.1, -0.05) is 25.1 Å². The monoisotopic (exact) mass is 295 g/mol. The van der Waals surface area contributed by atoms with Crippen molar-refractivity contribution in [1.29, 1.82) is 0 Å². The summed E-state index contributed by atoms with van der Waals surface area (Å²) in [5.41, 5.74) is 0.637. The molecule has 0 saturated heterocycles. The average Bonchev–Trinajstić information content (AvgIpc) is 2.82. The summed E-state index contributed by atoms with van der Waals surface area (Å²) in [6.45, 7) is 2.01. The van der Waals surface area contributed by atoms with E-state index in [1.807, 2.05) is 18.4 Å². The molecule has 2 aromatic rings. The molecule has 0 bridgehead atoms. The Hall–Kier alpha value is -1.32. The highest BCUT2D eigenvalue weighted by molar-refractivity contribution is 7.09. The Morgan fingerprint density at radius 1 is 1.32 bits per heavy atom. The van der Waals surface area contributed by atoms with Crippen molar-refractivity contribution in [2.75, 3.05) is 0 Å². The lowest BCUT2D eigenvalue weighted by Crippen LogP contribution is -2.33. The smallest absolute Gasteiger partial charge is 0.251 e. The van der Waals surface area contributed by atoms with Gasteiger partial charge in [-0.25, -0.2) is 0 Å². The van der Waals surface area contributed by atoms with Gasteiger partial charge in [0.1, 0.15) is 0 Å². The molecule has 1 atom stereocenters. The molecule has 102 valence electrons. The lowest BCUT2D eigenvalue weighted by molar-refractivity contribution is 0.0940. The molecule has 0 radical (unpaired) electrons. The van der Waals surface area contributed by atoms with Crippen LogP contribution in [0.5, 0.6) is 0 Å². The molecule has 0 aliphatic carbocycles. The fourth-order valence-electron chi connectivity index (χ4n) is 1.69. The van der Waals surface area contributed by atoms with Crippen molar-refractivity contribution in [1.82, 2.24) is 5.32 Å². The first-order valence-corrected chi connectivity index (χ1v) is 7.00. The standard InChI is InChI=1S/C14H14ClNOS.CH4/c1-10(9-13-3-2-8-18-13)16-14(17)11-4-6-12(15)7-5-11;/h2-8,10H,9H2,1H3,(H,16,17);1H4. The zero-order valence-electron chi connectivity index (χ0n) is 10.0. The normalized spacial score (nSPS) is 11.5. The van der Waals surface area contributed by atoms with Crippen molar-refractivity contribution in [2.24, 2.45) is 0 Å². The Kier molecular flexibility index (Phi) is 6.06. The highest BCUT2D eigenvalue weighted by Crippen LogP contribution is 2.12. The Balaban J connectivity index is 0.00000180. The maximum absolute atomic E-state index is 11.9. The van der Waals surface area contributed by atoms with Gasteiger partial charge >= 0.3 is 0 Å². The second-order valence-corrected chi connectivity index (χ2v) is 5.63. The van der Waals surface area contributed by atoms with E-state index in [0.717, 1.165) is 6.42 Å². The lowest BCUT2D eigenvalue weighted by Gasteiger charge is -2.12. The lowest BCUT2D eigenvalue weighted by atomic mass is 10.1. The third-order valence-corrected chi connectivity index (χ3v) is 3.72. The van der Waals surface area contributed by atoms with Crippen LogP contribution in [0.1, 0.15) is 29.6 Å². The fourth-order valence-corrected chi connectivity index (χ4v) is 2.65. The number of carbonyl (C=O) groups is 1. The number of nitrogens with one attached hydrogen (secondary N) is 1. The third-order valence-electron chi connectivity index (χ3n) is 2.57. The SMILES string of the molecule is C.CC(Cc1cccs1)NC(=O)c1ccc(Cl)cc1. The van der Waals surface area contributed by atoms with Crippen molar-refractivity contribution in [3.05, 3.63) is 57.2 Å². The maximum Gasteiger partial charge on any atom is 0.251 e. The van der Waals surface area contributed by atoms with Gasteiger partial charge < -0.3 is 5.32 Å². The van der Waals surface area contributed by atoms with Crippen molar-refractivity contribution in [3.63, 3.8) is 0 Å². The van der Waals surface area contributed by atoms with E-state index in [2.05, 4.69) is 11.4 Å². The second kappa shape index (κ2) is 7.31. The summed E-state index contributed by atoms with van der Waals surface area (Å²) in [4.78, 5) is 13.2. The van der Waals surface area contributed by atoms with Crippen LogP contribution in [0.2, 0.25) is 5.02 Å². The van der Waals surface area contributed by atoms with Crippen LogP contribution in [-0.2, 0) is 6.42 Å². The number of carbonyl (C=O) groups excluding carboxylic acids is 1.